The van der Waals surface area contributed by atoms with Crippen molar-refractivity contribution in [2.45, 2.75) is 0 Å². The fourth-order valence-electron chi connectivity index (χ4n) is 1.61. The summed E-state index contributed by atoms with van der Waals surface area (Å²) in [6, 6.07) is 18.1. The number of benzene rings is 2. The number of nitrogens with two attached hydrogens (primary N) is 2. The molecule has 0 unspecified atom stereocenters. The van der Waals surface area contributed by atoms with Crippen molar-refractivity contribution in [2.75, 3.05) is 0 Å². The molecule has 2 aromatic rings. The van der Waals surface area contributed by atoms with Gasteiger partial charge in [-0.2, -0.15) is 5.10 Å². The van der Waals surface area contributed by atoms with Gasteiger partial charge in [-0.25, -0.2) is 0 Å². The molecule has 0 atom stereocenters. The average Bonchev–Trinajstić information content (AvgIpc) is 2.47. The van der Waals surface area contributed by atoms with Crippen LogP contribution in [0.4, 0.5) is 0 Å². The molecule has 4 heteroatoms. The van der Waals surface area contributed by atoms with Gasteiger partial charge in [-0.05, 0) is 16.7 Å². The fraction of sp³-hybridized carbons (Fsp3) is 0. The van der Waals surface area contributed by atoms with E-state index in [1.54, 1.807) is 6.21 Å². The molecule has 0 aliphatic heterocycles. The van der Waals surface area contributed by atoms with Gasteiger partial charge in [0.15, 0.2) is 0 Å². The van der Waals surface area contributed by atoms with Gasteiger partial charge in [0.2, 0.25) is 5.96 Å². The largest absolute Gasteiger partial charge is 0.369 e. The first-order valence-electron chi connectivity index (χ1n) is 6.19. The van der Waals surface area contributed by atoms with E-state index in [-0.39, 0.29) is 5.96 Å². The molecule has 4 N–H and O–H groups in total. The molecule has 0 saturated carbocycles. The first kappa shape index (κ1) is 13.5. The van der Waals surface area contributed by atoms with Gasteiger partial charge in [0, 0.05) is 0 Å². The minimum atomic E-state index is -0.0522. The van der Waals surface area contributed by atoms with Crippen LogP contribution in [0.3, 0.4) is 0 Å². The van der Waals surface area contributed by atoms with Gasteiger partial charge >= 0.3 is 0 Å². The van der Waals surface area contributed by atoms with Gasteiger partial charge < -0.3 is 11.5 Å². The first-order chi connectivity index (χ1) is 9.74. The minimum Gasteiger partial charge on any atom is -0.369 e. The molecule has 2 rings (SSSR count). The second-order valence-electron chi connectivity index (χ2n) is 4.18. The van der Waals surface area contributed by atoms with E-state index < -0.39 is 0 Å². The van der Waals surface area contributed by atoms with E-state index in [0.29, 0.717) is 0 Å². The summed E-state index contributed by atoms with van der Waals surface area (Å²) in [5.74, 6) is -0.0522. The van der Waals surface area contributed by atoms with Crippen LogP contribution >= 0.6 is 0 Å². The third-order valence-corrected chi connectivity index (χ3v) is 2.58. The van der Waals surface area contributed by atoms with Crippen LogP contribution in [0.25, 0.3) is 12.2 Å². The maximum atomic E-state index is 5.18. The number of rotatable bonds is 4. The minimum absolute atomic E-state index is 0.0522. The van der Waals surface area contributed by atoms with Crippen LogP contribution in [-0.2, 0) is 0 Å². The molecule has 0 fully saturated rings. The lowest BCUT2D eigenvalue weighted by molar-refractivity contribution is 1.21. The highest BCUT2D eigenvalue weighted by Crippen LogP contribution is 2.09. The third-order valence-electron chi connectivity index (χ3n) is 2.58. The highest BCUT2D eigenvalue weighted by atomic mass is 15.3. The van der Waals surface area contributed by atoms with Crippen LogP contribution < -0.4 is 11.5 Å². The van der Waals surface area contributed by atoms with E-state index in [1.807, 2.05) is 42.5 Å². The Morgan fingerprint density at radius 2 is 1.30 bits per heavy atom. The summed E-state index contributed by atoms with van der Waals surface area (Å²) in [6.45, 7) is 0. The zero-order valence-electron chi connectivity index (χ0n) is 11.0. The quantitative estimate of drug-likeness (QED) is 0.385. The average molecular weight is 264 g/mol. The van der Waals surface area contributed by atoms with Crippen molar-refractivity contribution in [3.05, 3.63) is 71.3 Å². The zero-order valence-corrected chi connectivity index (χ0v) is 11.0. The van der Waals surface area contributed by atoms with Crippen LogP contribution in [-0.4, -0.2) is 12.2 Å². The molecule has 0 amide bonds. The lowest BCUT2D eigenvalue weighted by Crippen LogP contribution is -2.21. The summed E-state index contributed by atoms with van der Waals surface area (Å²) in [4.78, 5) is 0. The molecule has 20 heavy (non-hydrogen) atoms. The molecular formula is C16H16N4. The maximum Gasteiger partial charge on any atom is 0.211 e. The molecule has 100 valence electrons. The van der Waals surface area contributed by atoms with E-state index in [9.17, 15) is 0 Å². The topological polar surface area (TPSA) is 76.8 Å². The number of hydrogen-bond donors (Lipinski definition) is 2. The molecule has 0 spiro atoms. The molecule has 4 nitrogen and oxygen atoms in total. The highest BCUT2D eigenvalue weighted by Gasteiger charge is 1.90. The smallest absolute Gasteiger partial charge is 0.211 e. The standard InChI is InChI=1S/C16H16N4/c17-16(18)20-19-12-15-10-8-14(9-11-15)7-6-13-4-2-1-3-5-13/h1-12H,(H4,17,18,20)/b7-6+,19-12-. The summed E-state index contributed by atoms with van der Waals surface area (Å²) in [5.41, 5.74) is 13.6. The van der Waals surface area contributed by atoms with Gasteiger partial charge in [-0.1, -0.05) is 66.7 Å². The lowest BCUT2D eigenvalue weighted by atomic mass is 10.1. The van der Waals surface area contributed by atoms with E-state index in [1.165, 1.54) is 5.56 Å². The Bertz CT molecular complexity index is 621. The number of guanidine groups is 1. The zero-order chi connectivity index (χ0) is 14.2. The van der Waals surface area contributed by atoms with Crippen LogP contribution in [0, 0.1) is 0 Å². The molecule has 0 aliphatic carbocycles. The van der Waals surface area contributed by atoms with E-state index in [0.717, 1.165) is 11.1 Å². The highest BCUT2D eigenvalue weighted by molar-refractivity contribution is 5.82. The van der Waals surface area contributed by atoms with Crippen LogP contribution in [0.15, 0.2) is 64.8 Å². The Morgan fingerprint density at radius 3 is 1.90 bits per heavy atom. The Balaban J connectivity index is 2.03. The second-order valence-corrected chi connectivity index (χ2v) is 4.18. The molecule has 0 aromatic heterocycles. The Labute approximate surface area is 118 Å². The van der Waals surface area contributed by atoms with Crippen molar-refractivity contribution < 1.29 is 0 Å². The van der Waals surface area contributed by atoms with Crippen molar-refractivity contribution in [3.8, 4) is 0 Å². The number of nitrogens with zero attached hydrogens (tertiary/aromatic N) is 2. The fourth-order valence-corrected chi connectivity index (χ4v) is 1.61. The van der Waals surface area contributed by atoms with Gasteiger partial charge in [0.1, 0.15) is 0 Å². The predicted molar refractivity (Wildman–Crippen MR) is 85.2 cm³/mol. The van der Waals surface area contributed by atoms with Crippen LogP contribution in [0.2, 0.25) is 0 Å². The first-order valence-corrected chi connectivity index (χ1v) is 6.19. The monoisotopic (exact) mass is 264 g/mol. The van der Waals surface area contributed by atoms with Gasteiger partial charge in [0.25, 0.3) is 0 Å². The third kappa shape index (κ3) is 4.42. The normalized spacial score (nSPS) is 11.0. The van der Waals surface area contributed by atoms with Crippen molar-refractivity contribution >= 4 is 24.3 Å². The van der Waals surface area contributed by atoms with E-state index in [4.69, 9.17) is 11.5 Å². The van der Waals surface area contributed by atoms with Crippen LogP contribution in [0.1, 0.15) is 16.7 Å². The second kappa shape index (κ2) is 6.89. The summed E-state index contributed by atoms with van der Waals surface area (Å²) in [7, 11) is 0. The molecule has 2 aromatic carbocycles. The number of hydrogen-bond acceptors (Lipinski definition) is 2. The van der Waals surface area contributed by atoms with Crippen molar-refractivity contribution in [1.29, 1.82) is 0 Å². The van der Waals surface area contributed by atoms with Gasteiger partial charge in [-0.3, -0.25) is 0 Å². The summed E-state index contributed by atoms with van der Waals surface area (Å²) >= 11 is 0. The van der Waals surface area contributed by atoms with Crippen molar-refractivity contribution in [2.24, 2.45) is 21.7 Å². The van der Waals surface area contributed by atoms with Crippen molar-refractivity contribution in [3.63, 3.8) is 0 Å². The SMILES string of the molecule is NC(N)=N/N=C\c1ccc(/C=C/c2ccccc2)cc1. The van der Waals surface area contributed by atoms with Gasteiger partial charge in [0.05, 0.1) is 6.21 Å². The summed E-state index contributed by atoms with van der Waals surface area (Å²) in [6.07, 6.45) is 5.74. The maximum absolute atomic E-state index is 5.18. The Hall–Kier alpha value is -2.88. The Morgan fingerprint density at radius 1 is 0.750 bits per heavy atom. The molecule has 0 aliphatic rings. The lowest BCUT2D eigenvalue weighted by Gasteiger charge is -1.96. The Kier molecular flexibility index (Phi) is 4.67. The van der Waals surface area contributed by atoms with Crippen molar-refractivity contribution in [1.82, 2.24) is 0 Å². The molecule has 0 radical (unpaired) electrons. The molecular weight excluding hydrogens is 248 g/mol. The summed E-state index contributed by atoms with van der Waals surface area (Å²) in [5, 5.41) is 7.31. The predicted octanol–water partition coefficient (Wildman–Crippen LogP) is 2.46. The van der Waals surface area contributed by atoms with Crippen LogP contribution in [0.5, 0.6) is 0 Å². The molecule has 0 bridgehead atoms. The van der Waals surface area contributed by atoms with E-state index >= 15 is 0 Å². The summed E-state index contributed by atoms with van der Waals surface area (Å²) < 4.78 is 0. The molecule has 0 heterocycles. The van der Waals surface area contributed by atoms with E-state index in [2.05, 4.69) is 34.5 Å². The molecule has 0 saturated heterocycles. The van der Waals surface area contributed by atoms with Gasteiger partial charge in [-0.15, -0.1) is 5.10 Å².